The number of urea groups is 1. The monoisotopic (exact) mass is 182 g/mol. The van der Waals surface area contributed by atoms with Gasteiger partial charge in [-0.05, 0) is 19.8 Å². The first-order valence-corrected chi connectivity index (χ1v) is 5.35. The van der Waals surface area contributed by atoms with Crippen LogP contribution >= 0.6 is 0 Å². The fraction of sp³-hybridized carbons (Fsp3) is 0.900. The number of carbonyl (C=O) groups is 1. The maximum atomic E-state index is 11.5. The third-order valence-electron chi connectivity index (χ3n) is 3.23. The lowest BCUT2D eigenvalue weighted by atomic mass is 9.94. The second-order valence-electron chi connectivity index (χ2n) is 4.23. The van der Waals surface area contributed by atoms with E-state index in [-0.39, 0.29) is 6.03 Å². The van der Waals surface area contributed by atoms with E-state index in [1.54, 1.807) is 0 Å². The van der Waals surface area contributed by atoms with Gasteiger partial charge >= 0.3 is 6.03 Å². The maximum Gasteiger partial charge on any atom is 0.318 e. The van der Waals surface area contributed by atoms with Crippen molar-refractivity contribution < 1.29 is 4.79 Å². The van der Waals surface area contributed by atoms with E-state index < -0.39 is 0 Å². The molecule has 1 unspecified atom stereocenters. The number of carbonyl (C=O) groups excluding carboxylic acids is 1. The highest BCUT2D eigenvalue weighted by Crippen LogP contribution is 2.25. The number of nitrogens with zero attached hydrogens (tertiary/aromatic N) is 1. The predicted molar refractivity (Wildman–Crippen MR) is 51.6 cm³/mol. The first-order valence-electron chi connectivity index (χ1n) is 5.35. The number of hydrogen-bond donors (Lipinski definition) is 1. The molecule has 1 atom stereocenters. The van der Waals surface area contributed by atoms with Crippen LogP contribution in [0.4, 0.5) is 4.79 Å². The highest BCUT2D eigenvalue weighted by Gasteiger charge is 2.33. The molecule has 2 rings (SSSR count). The van der Waals surface area contributed by atoms with Crippen LogP contribution in [0.25, 0.3) is 0 Å². The van der Waals surface area contributed by atoms with Crippen LogP contribution in [-0.2, 0) is 0 Å². The Labute approximate surface area is 79.5 Å². The van der Waals surface area contributed by atoms with E-state index in [1.165, 1.54) is 32.1 Å². The van der Waals surface area contributed by atoms with Crippen LogP contribution in [0.15, 0.2) is 0 Å². The molecule has 0 aromatic carbocycles. The fourth-order valence-corrected chi connectivity index (χ4v) is 2.51. The van der Waals surface area contributed by atoms with Crippen molar-refractivity contribution in [3.05, 3.63) is 0 Å². The number of amides is 2. The summed E-state index contributed by atoms with van der Waals surface area (Å²) in [6.45, 7) is 2.96. The normalized spacial score (nSPS) is 30.7. The molecule has 2 fully saturated rings. The third-order valence-corrected chi connectivity index (χ3v) is 3.23. The van der Waals surface area contributed by atoms with Crippen molar-refractivity contribution in [1.82, 2.24) is 10.2 Å². The summed E-state index contributed by atoms with van der Waals surface area (Å²) in [6.07, 6.45) is 6.35. The van der Waals surface area contributed by atoms with Gasteiger partial charge in [-0.3, -0.25) is 0 Å². The highest BCUT2D eigenvalue weighted by atomic mass is 16.2. The Hall–Kier alpha value is -0.730. The number of rotatable bonds is 1. The van der Waals surface area contributed by atoms with Crippen LogP contribution in [0.3, 0.4) is 0 Å². The van der Waals surface area contributed by atoms with Crippen molar-refractivity contribution in [3.63, 3.8) is 0 Å². The topological polar surface area (TPSA) is 32.3 Å². The molecule has 0 radical (unpaired) electrons. The molecule has 0 spiro atoms. The smallest absolute Gasteiger partial charge is 0.318 e. The zero-order chi connectivity index (χ0) is 9.26. The molecule has 1 aliphatic heterocycles. The third kappa shape index (κ3) is 1.64. The summed E-state index contributed by atoms with van der Waals surface area (Å²) in [5.41, 5.74) is 0. The van der Waals surface area contributed by atoms with Gasteiger partial charge in [0.2, 0.25) is 0 Å². The van der Waals surface area contributed by atoms with E-state index >= 15 is 0 Å². The van der Waals surface area contributed by atoms with Crippen molar-refractivity contribution in [2.24, 2.45) is 0 Å². The lowest BCUT2D eigenvalue weighted by Gasteiger charge is -2.33. The van der Waals surface area contributed by atoms with Gasteiger partial charge in [0.1, 0.15) is 0 Å². The lowest BCUT2D eigenvalue weighted by Crippen LogP contribution is -2.42. The Kier molecular flexibility index (Phi) is 2.42. The minimum absolute atomic E-state index is 0.152. The minimum Gasteiger partial charge on any atom is -0.336 e. The minimum atomic E-state index is 0.152. The second kappa shape index (κ2) is 3.56. The summed E-state index contributed by atoms with van der Waals surface area (Å²) in [5, 5.41) is 2.90. The Morgan fingerprint density at radius 2 is 2.00 bits per heavy atom. The SMILES string of the molecule is CC1CNC(=O)N1C1CCCCC1. The molecule has 1 saturated heterocycles. The van der Waals surface area contributed by atoms with Crippen molar-refractivity contribution in [1.29, 1.82) is 0 Å². The van der Waals surface area contributed by atoms with Crippen molar-refractivity contribution in [2.45, 2.75) is 51.1 Å². The van der Waals surface area contributed by atoms with Crippen LogP contribution in [0, 0.1) is 0 Å². The van der Waals surface area contributed by atoms with Gasteiger partial charge in [-0.1, -0.05) is 19.3 Å². The summed E-state index contributed by atoms with van der Waals surface area (Å²) in [6, 6.07) is 1.07. The molecule has 1 aliphatic carbocycles. The molecule has 13 heavy (non-hydrogen) atoms. The molecule has 3 heteroatoms. The molecule has 1 saturated carbocycles. The van der Waals surface area contributed by atoms with Crippen molar-refractivity contribution >= 4 is 6.03 Å². The first-order chi connectivity index (χ1) is 6.29. The van der Waals surface area contributed by atoms with Crippen LogP contribution in [0.2, 0.25) is 0 Å². The van der Waals surface area contributed by atoms with Gasteiger partial charge in [0.25, 0.3) is 0 Å². The number of nitrogens with one attached hydrogen (secondary N) is 1. The van der Waals surface area contributed by atoms with Gasteiger partial charge in [-0.25, -0.2) is 4.79 Å². The van der Waals surface area contributed by atoms with E-state index in [4.69, 9.17) is 0 Å². The van der Waals surface area contributed by atoms with E-state index in [2.05, 4.69) is 17.1 Å². The molecule has 0 aromatic rings. The Morgan fingerprint density at radius 3 is 2.54 bits per heavy atom. The zero-order valence-electron chi connectivity index (χ0n) is 8.25. The van der Waals surface area contributed by atoms with Crippen LogP contribution in [-0.4, -0.2) is 29.6 Å². The van der Waals surface area contributed by atoms with Crippen molar-refractivity contribution in [2.75, 3.05) is 6.54 Å². The Morgan fingerprint density at radius 1 is 1.31 bits per heavy atom. The van der Waals surface area contributed by atoms with Gasteiger partial charge in [0.15, 0.2) is 0 Å². The molecule has 0 bridgehead atoms. The molecule has 2 aliphatic rings. The summed E-state index contributed by atoms with van der Waals surface area (Å²) in [5.74, 6) is 0. The van der Waals surface area contributed by atoms with E-state index in [0.29, 0.717) is 12.1 Å². The molecule has 2 amide bonds. The summed E-state index contributed by atoms with van der Waals surface area (Å²) in [4.78, 5) is 13.6. The van der Waals surface area contributed by atoms with E-state index in [9.17, 15) is 4.79 Å². The molecule has 74 valence electrons. The molecular formula is C10H18N2O. The molecular weight excluding hydrogens is 164 g/mol. The summed E-state index contributed by atoms with van der Waals surface area (Å²) < 4.78 is 0. The van der Waals surface area contributed by atoms with E-state index in [1.807, 2.05) is 0 Å². The first kappa shape index (κ1) is 8.85. The predicted octanol–water partition coefficient (Wildman–Crippen LogP) is 1.73. The average molecular weight is 182 g/mol. The van der Waals surface area contributed by atoms with Crippen LogP contribution < -0.4 is 5.32 Å². The van der Waals surface area contributed by atoms with Crippen LogP contribution in [0.5, 0.6) is 0 Å². The van der Waals surface area contributed by atoms with Gasteiger partial charge in [-0.15, -0.1) is 0 Å². The second-order valence-corrected chi connectivity index (χ2v) is 4.23. The van der Waals surface area contributed by atoms with E-state index in [0.717, 1.165) is 6.54 Å². The molecule has 0 aromatic heterocycles. The summed E-state index contributed by atoms with van der Waals surface area (Å²) in [7, 11) is 0. The summed E-state index contributed by atoms with van der Waals surface area (Å²) >= 11 is 0. The highest BCUT2D eigenvalue weighted by molar-refractivity contribution is 5.77. The fourth-order valence-electron chi connectivity index (χ4n) is 2.51. The van der Waals surface area contributed by atoms with Gasteiger partial charge < -0.3 is 10.2 Å². The quantitative estimate of drug-likeness (QED) is 0.658. The molecule has 1 N–H and O–H groups in total. The molecule has 1 heterocycles. The number of hydrogen-bond acceptors (Lipinski definition) is 1. The van der Waals surface area contributed by atoms with Gasteiger partial charge in [-0.2, -0.15) is 0 Å². The Bertz CT molecular complexity index is 199. The zero-order valence-corrected chi connectivity index (χ0v) is 8.25. The van der Waals surface area contributed by atoms with Crippen LogP contribution in [0.1, 0.15) is 39.0 Å². The molecule has 3 nitrogen and oxygen atoms in total. The average Bonchev–Trinajstić information content (AvgIpc) is 2.48. The Balaban J connectivity index is 2.00. The van der Waals surface area contributed by atoms with Gasteiger partial charge in [0.05, 0.1) is 0 Å². The van der Waals surface area contributed by atoms with Gasteiger partial charge in [0, 0.05) is 18.6 Å². The maximum absolute atomic E-state index is 11.5. The van der Waals surface area contributed by atoms with Crippen molar-refractivity contribution in [3.8, 4) is 0 Å². The lowest BCUT2D eigenvalue weighted by molar-refractivity contribution is 0.158. The standard InChI is InChI=1S/C10H18N2O/c1-8-7-11-10(13)12(8)9-5-3-2-4-6-9/h8-9H,2-7H2,1H3,(H,11,13). The largest absolute Gasteiger partial charge is 0.336 e.